The van der Waals surface area contributed by atoms with E-state index in [0.29, 0.717) is 11.4 Å². The number of benzene rings is 2. The molecular formula is C11H12IN3. The number of nitrogens with two attached hydrogens (primary N) is 3. The van der Waals surface area contributed by atoms with Crippen LogP contribution in [0.4, 0.5) is 17.1 Å². The quantitative estimate of drug-likeness (QED) is 0.516. The zero-order chi connectivity index (χ0) is 11.2. The highest BCUT2D eigenvalue weighted by Crippen LogP contribution is 2.34. The van der Waals surface area contributed by atoms with Crippen molar-refractivity contribution < 1.29 is 0 Å². The van der Waals surface area contributed by atoms with Crippen LogP contribution < -0.4 is 17.2 Å². The van der Waals surface area contributed by atoms with Crippen molar-refractivity contribution >= 4 is 50.4 Å². The summed E-state index contributed by atoms with van der Waals surface area (Å²) in [6.45, 7) is 2.01. The first-order chi connectivity index (χ1) is 7.00. The number of anilines is 3. The Hall–Kier alpha value is -1.17. The fraction of sp³-hybridized carbons (Fsp3) is 0.0909. The SMILES string of the molecule is Cc1cc(N)cc2c(N)cc(N)c(I)c12. The molecule has 0 atom stereocenters. The van der Waals surface area contributed by atoms with E-state index < -0.39 is 0 Å². The van der Waals surface area contributed by atoms with Crippen LogP contribution >= 0.6 is 22.6 Å². The molecule has 15 heavy (non-hydrogen) atoms. The molecule has 2 aromatic rings. The van der Waals surface area contributed by atoms with Crippen molar-refractivity contribution in [3.05, 3.63) is 27.3 Å². The number of fused-ring (bicyclic) bond motifs is 1. The van der Waals surface area contributed by atoms with E-state index in [4.69, 9.17) is 17.2 Å². The fourth-order valence-corrected chi connectivity index (χ4v) is 2.66. The predicted molar refractivity (Wildman–Crippen MR) is 74.6 cm³/mol. The van der Waals surface area contributed by atoms with Gasteiger partial charge in [-0.25, -0.2) is 0 Å². The van der Waals surface area contributed by atoms with Gasteiger partial charge in [0.2, 0.25) is 0 Å². The first kappa shape index (κ1) is 10.4. The van der Waals surface area contributed by atoms with E-state index in [9.17, 15) is 0 Å². The van der Waals surface area contributed by atoms with E-state index in [1.165, 1.54) is 0 Å². The van der Waals surface area contributed by atoms with E-state index in [0.717, 1.165) is 25.6 Å². The van der Waals surface area contributed by atoms with Gasteiger partial charge in [0, 0.05) is 31.4 Å². The number of aryl methyl sites for hydroxylation is 1. The lowest BCUT2D eigenvalue weighted by molar-refractivity contribution is 1.51. The van der Waals surface area contributed by atoms with Gasteiger partial charge in [-0.15, -0.1) is 0 Å². The first-order valence-electron chi connectivity index (χ1n) is 4.54. The molecule has 6 N–H and O–H groups in total. The van der Waals surface area contributed by atoms with E-state index in [-0.39, 0.29) is 0 Å². The van der Waals surface area contributed by atoms with Gasteiger partial charge in [0.25, 0.3) is 0 Å². The van der Waals surface area contributed by atoms with Crippen LogP contribution in [0.3, 0.4) is 0 Å². The smallest absolute Gasteiger partial charge is 0.0477 e. The average molecular weight is 313 g/mol. The minimum absolute atomic E-state index is 0.679. The number of rotatable bonds is 0. The van der Waals surface area contributed by atoms with Gasteiger partial charge in [0.15, 0.2) is 0 Å². The van der Waals surface area contributed by atoms with Crippen molar-refractivity contribution in [2.45, 2.75) is 6.92 Å². The predicted octanol–water partition coefficient (Wildman–Crippen LogP) is 2.50. The molecule has 2 rings (SSSR count). The lowest BCUT2D eigenvalue weighted by Gasteiger charge is -2.11. The second-order valence-corrected chi connectivity index (χ2v) is 4.71. The Balaban J connectivity index is 3.03. The Morgan fingerprint density at radius 3 is 2.33 bits per heavy atom. The van der Waals surface area contributed by atoms with E-state index >= 15 is 0 Å². The summed E-state index contributed by atoms with van der Waals surface area (Å²) in [6.07, 6.45) is 0. The highest BCUT2D eigenvalue weighted by Gasteiger charge is 2.09. The molecule has 0 fully saturated rings. The third-order valence-corrected chi connectivity index (χ3v) is 3.61. The van der Waals surface area contributed by atoms with Crippen LogP contribution in [0.1, 0.15) is 5.56 Å². The third-order valence-electron chi connectivity index (χ3n) is 2.45. The highest BCUT2D eigenvalue weighted by atomic mass is 127. The zero-order valence-electron chi connectivity index (χ0n) is 8.34. The van der Waals surface area contributed by atoms with Crippen LogP contribution in [0.15, 0.2) is 18.2 Å². The van der Waals surface area contributed by atoms with Gasteiger partial charge >= 0.3 is 0 Å². The monoisotopic (exact) mass is 313 g/mol. The van der Waals surface area contributed by atoms with Crippen molar-refractivity contribution in [2.75, 3.05) is 17.2 Å². The summed E-state index contributed by atoms with van der Waals surface area (Å²) >= 11 is 2.24. The Morgan fingerprint density at radius 1 is 1.00 bits per heavy atom. The van der Waals surface area contributed by atoms with E-state index in [1.54, 1.807) is 6.07 Å². The fourth-order valence-electron chi connectivity index (χ4n) is 1.79. The molecule has 4 heteroatoms. The minimum Gasteiger partial charge on any atom is -0.399 e. The molecule has 0 radical (unpaired) electrons. The number of hydrogen-bond acceptors (Lipinski definition) is 3. The van der Waals surface area contributed by atoms with Crippen LogP contribution in [-0.2, 0) is 0 Å². The molecule has 0 spiro atoms. The molecule has 0 saturated carbocycles. The molecule has 0 amide bonds. The van der Waals surface area contributed by atoms with Crippen LogP contribution in [0.2, 0.25) is 0 Å². The van der Waals surface area contributed by atoms with Crippen LogP contribution in [-0.4, -0.2) is 0 Å². The van der Waals surface area contributed by atoms with Crippen molar-refractivity contribution in [3.8, 4) is 0 Å². The summed E-state index contributed by atoms with van der Waals surface area (Å²) in [5.41, 5.74) is 20.8. The largest absolute Gasteiger partial charge is 0.399 e. The Morgan fingerprint density at radius 2 is 1.67 bits per heavy atom. The van der Waals surface area contributed by atoms with Crippen molar-refractivity contribution in [1.82, 2.24) is 0 Å². The van der Waals surface area contributed by atoms with Gasteiger partial charge in [0.05, 0.1) is 0 Å². The molecule has 0 aliphatic rings. The minimum atomic E-state index is 0.679. The van der Waals surface area contributed by atoms with Crippen LogP contribution in [0.25, 0.3) is 10.8 Å². The number of hydrogen-bond donors (Lipinski definition) is 3. The molecule has 0 saturated heterocycles. The molecule has 0 aromatic heterocycles. The average Bonchev–Trinajstić information content (AvgIpc) is 2.13. The van der Waals surface area contributed by atoms with Gasteiger partial charge < -0.3 is 17.2 Å². The van der Waals surface area contributed by atoms with Gasteiger partial charge in [-0.05, 0) is 53.3 Å². The lowest BCUT2D eigenvalue weighted by Crippen LogP contribution is -1.98. The molecule has 0 aliphatic heterocycles. The van der Waals surface area contributed by atoms with Crippen LogP contribution in [0.5, 0.6) is 0 Å². The van der Waals surface area contributed by atoms with Crippen molar-refractivity contribution in [1.29, 1.82) is 0 Å². The topological polar surface area (TPSA) is 78.1 Å². The maximum Gasteiger partial charge on any atom is 0.0477 e. The maximum absolute atomic E-state index is 5.92. The number of halogens is 1. The lowest BCUT2D eigenvalue weighted by atomic mass is 10.0. The maximum atomic E-state index is 5.92. The van der Waals surface area contributed by atoms with Crippen molar-refractivity contribution in [3.63, 3.8) is 0 Å². The second-order valence-electron chi connectivity index (χ2n) is 3.63. The van der Waals surface area contributed by atoms with E-state index in [1.807, 2.05) is 19.1 Å². The summed E-state index contributed by atoms with van der Waals surface area (Å²) in [5.74, 6) is 0. The molecular weight excluding hydrogens is 301 g/mol. The highest BCUT2D eigenvalue weighted by molar-refractivity contribution is 14.1. The van der Waals surface area contributed by atoms with Gasteiger partial charge in [-0.1, -0.05) is 0 Å². The van der Waals surface area contributed by atoms with E-state index in [2.05, 4.69) is 22.6 Å². The standard InChI is InChI=1S/C11H12IN3/c1-5-2-6(13)3-7-8(14)4-9(15)11(12)10(5)7/h2-4H,13-15H2,1H3. The molecule has 2 aromatic carbocycles. The molecule has 0 bridgehead atoms. The normalized spacial score (nSPS) is 10.8. The summed E-state index contributed by atoms with van der Waals surface area (Å²) in [6, 6.07) is 5.60. The first-order valence-corrected chi connectivity index (χ1v) is 5.62. The number of nitrogen functional groups attached to an aromatic ring is 3. The molecule has 3 nitrogen and oxygen atoms in total. The van der Waals surface area contributed by atoms with Crippen LogP contribution in [0, 0.1) is 10.5 Å². The van der Waals surface area contributed by atoms with Gasteiger partial charge in [0.1, 0.15) is 0 Å². The third kappa shape index (κ3) is 1.58. The Bertz CT molecular complexity index is 549. The summed E-state index contributed by atoms with van der Waals surface area (Å²) in [4.78, 5) is 0. The Labute approximate surface area is 102 Å². The zero-order valence-corrected chi connectivity index (χ0v) is 10.5. The van der Waals surface area contributed by atoms with Crippen molar-refractivity contribution in [2.24, 2.45) is 0 Å². The molecule has 0 heterocycles. The Kier molecular flexibility index (Phi) is 2.38. The molecule has 78 valence electrons. The summed E-state index contributed by atoms with van der Waals surface area (Å²) < 4.78 is 1.04. The van der Waals surface area contributed by atoms with Gasteiger partial charge in [-0.2, -0.15) is 0 Å². The molecule has 0 aliphatic carbocycles. The summed E-state index contributed by atoms with van der Waals surface area (Å²) in [7, 11) is 0. The summed E-state index contributed by atoms with van der Waals surface area (Å²) in [5, 5.41) is 2.08. The van der Waals surface area contributed by atoms with Gasteiger partial charge in [-0.3, -0.25) is 0 Å². The second kappa shape index (κ2) is 3.44. The molecule has 0 unspecified atom stereocenters.